The Morgan fingerprint density at radius 2 is 1.74 bits per heavy atom. The molecule has 0 atom stereocenters. The second-order valence-electron chi connectivity index (χ2n) is 3.88. The molecule has 19 heavy (non-hydrogen) atoms. The quantitative estimate of drug-likeness (QED) is 0.741. The largest absolute Gasteiger partial charge is 0.416 e. The monoisotopic (exact) mass is 304 g/mol. The first kappa shape index (κ1) is 14.1. The van der Waals surface area contributed by atoms with Gasteiger partial charge in [0, 0.05) is 16.9 Å². The SMILES string of the molecule is O=C(Cc1ccc(Cl)s1)c1ccc(C(F)(F)F)cc1. The highest BCUT2D eigenvalue weighted by Gasteiger charge is 2.30. The van der Waals surface area contributed by atoms with Crippen molar-refractivity contribution in [1.29, 1.82) is 0 Å². The first-order chi connectivity index (χ1) is 8.86. The molecule has 0 aliphatic carbocycles. The zero-order valence-electron chi connectivity index (χ0n) is 9.50. The van der Waals surface area contributed by atoms with E-state index in [0.717, 1.165) is 17.0 Å². The molecule has 0 amide bonds. The molecule has 0 spiro atoms. The zero-order valence-corrected chi connectivity index (χ0v) is 11.1. The molecule has 0 unspecified atom stereocenters. The van der Waals surface area contributed by atoms with E-state index in [1.807, 2.05) is 0 Å². The average Bonchev–Trinajstić information content (AvgIpc) is 2.74. The molecule has 2 rings (SSSR count). The summed E-state index contributed by atoms with van der Waals surface area (Å²) in [6.45, 7) is 0. The Morgan fingerprint density at radius 1 is 1.11 bits per heavy atom. The van der Waals surface area contributed by atoms with Crippen molar-refractivity contribution in [1.82, 2.24) is 0 Å². The van der Waals surface area contributed by atoms with Crippen LogP contribution in [0.4, 0.5) is 13.2 Å². The minimum Gasteiger partial charge on any atom is -0.294 e. The van der Waals surface area contributed by atoms with E-state index in [-0.39, 0.29) is 17.8 Å². The minimum absolute atomic E-state index is 0.142. The number of rotatable bonds is 3. The van der Waals surface area contributed by atoms with Crippen LogP contribution in [-0.4, -0.2) is 5.78 Å². The molecular formula is C13H8ClF3OS. The van der Waals surface area contributed by atoms with E-state index in [4.69, 9.17) is 11.6 Å². The highest BCUT2D eigenvalue weighted by atomic mass is 35.5. The predicted octanol–water partition coefficient (Wildman–Crippen LogP) is 4.85. The second-order valence-corrected chi connectivity index (χ2v) is 5.68. The fraction of sp³-hybridized carbons (Fsp3) is 0.154. The number of benzene rings is 1. The summed E-state index contributed by atoms with van der Waals surface area (Å²) in [7, 11) is 0. The van der Waals surface area contributed by atoms with Crippen molar-refractivity contribution in [2.75, 3.05) is 0 Å². The number of Topliss-reactive ketones (excluding diaryl/α,β-unsaturated/α-hetero) is 1. The Hall–Kier alpha value is -1.33. The molecule has 0 fully saturated rings. The average molecular weight is 305 g/mol. The van der Waals surface area contributed by atoms with Crippen molar-refractivity contribution >= 4 is 28.7 Å². The lowest BCUT2D eigenvalue weighted by atomic mass is 10.1. The van der Waals surface area contributed by atoms with E-state index in [9.17, 15) is 18.0 Å². The van der Waals surface area contributed by atoms with Gasteiger partial charge in [0.15, 0.2) is 5.78 Å². The summed E-state index contributed by atoms with van der Waals surface area (Å²) in [5.41, 5.74) is -0.499. The maximum atomic E-state index is 12.4. The van der Waals surface area contributed by atoms with Gasteiger partial charge in [0.1, 0.15) is 0 Å². The Morgan fingerprint density at radius 3 is 2.21 bits per heavy atom. The molecule has 0 aliphatic rings. The summed E-state index contributed by atoms with van der Waals surface area (Å²) in [4.78, 5) is 12.7. The van der Waals surface area contributed by atoms with Crippen LogP contribution in [0, 0.1) is 0 Å². The Bertz CT molecular complexity index is 587. The lowest BCUT2D eigenvalue weighted by Gasteiger charge is -2.06. The third-order valence-corrected chi connectivity index (χ3v) is 3.73. The highest BCUT2D eigenvalue weighted by Crippen LogP contribution is 2.29. The van der Waals surface area contributed by atoms with E-state index >= 15 is 0 Å². The number of hydrogen-bond acceptors (Lipinski definition) is 2. The van der Waals surface area contributed by atoms with Crippen molar-refractivity contribution < 1.29 is 18.0 Å². The molecule has 1 aromatic heterocycles. The first-order valence-electron chi connectivity index (χ1n) is 5.31. The number of carbonyl (C=O) groups is 1. The minimum atomic E-state index is -4.39. The number of thiophene rings is 1. The van der Waals surface area contributed by atoms with E-state index < -0.39 is 11.7 Å². The highest BCUT2D eigenvalue weighted by molar-refractivity contribution is 7.16. The summed E-state index contributed by atoms with van der Waals surface area (Å²) in [6, 6.07) is 7.63. The third-order valence-electron chi connectivity index (χ3n) is 2.50. The molecule has 0 saturated heterocycles. The van der Waals surface area contributed by atoms with Crippen LogP contribution < -0.4 is 0 Å². The van der Waals surface area contributed by atoms with E-state index in [1.165, 1.54) is 23.5 Å². The number of hydrogen-bond donors (Lipinski definition) is 0. The van der Waals surface area contributed by atoms with Crippen LogP contribution in [0.1, 0.15) is 20.8 Å². The van der Waals surface area contributed by atoms with E-state index in [2.05, 4.69) is 0 Å². The van der Waals surface area contributed by atoms with Crippen LogP contribution in [0.3, 0.4) is 0 Å². The Balaban J connectivity index is 2.12. The molecule has 0 N–H and O–H groups in total. The van der Waals surface area contributed by atoms with Gasteiger partial charge in [-0.15, -0.1) is 11.3 Å². The summed E-state index contributed by atoms with van der Waals surface area (Å²) in [6.07, 6.45) is -4.24. The van der Waals surface area contributed by atoms with Gasteiger partial charge in [0.2, 0.25) is 0 Å². The maximum Gasteiger partial charge on any atom is 0.416 e. The van der Waals surface area contributed by atoms with Crippen molar-refractivity contribution in [2.24, 2.45) is 0 Å². The normalized spacial score (nSPS) is 11.6. The smallest absolute Gasteiger partial charge is 0.294 e. The van der Waals surface area contributed by atoms with E-state index in [1.54, 1.807) is 12.1 Å². The number of alkyl halides is 3. The number of carbonyl (C=O) groups excluding carboxylic acids is 1. The summed E-state index contributed by atoms with van der Waals surface area (Å²) < 4.78 is 37.7. The Kier molecular flexibility index (Phi) is 3.96. The zero-order chi connectivity index (χ0) is 14.0. The van der Waals surface area contributed by atoms with Crippen LogP contribution in [0.15, 0.2) is 36.4 Å². The number of ketones is 1. The lowest BCUT2D eigenvalue weighted by molar-refractivity contribution is -0.137. The summed E-state index contributed by atoms with van der Waals surface area (Å²) in [5, 5.41) is 0. The molecule has 0 aliphatic heterocycles. The fourth-order valence-electron chi connectivity index (χ4n) is 1.55. The fourth-order valence-corrected chi connectivity index (χ4v) is 2.64. The van der Waals surface area contributed by atoms with Crippen molar-refractivity contribution in [2.45, 2.75) is 12.6 Å². The van der Waals surface area contributed by atoms with Crippen LogP contribution in [0.25, 0.3) is 0 Å². The summed E-state index contributed by atoms with van der Waals surface area (Å²) in [5.74, 6) is -0.229. The van der Waals surface area contributed by atoms with E-state index in [0.29, 0.717) is 4.34 Å². The number of halogens is 4. The Labute approximate surface area is 116 Å². The van der Waals surface area contributed by atoms with Gasteiger partial charge in [-0.3, -0.25) is 4.79 Å². The van der Waals surface area contributed by atoms with Crippen molar-refractivity contribution in [3.8, 4) is 0 Å². The van der Waals surface area contributed by atoms with Gasteiger partial charge in [-0.1, -0.05) is 23.7 Å². The first-order valence-corrected chi connectivity index (χ1v) is 6.50. The maximum absolute atomic E-state index is 12.4. The van der Waals surface area contributed by atoms with Crippen LogP contribution in [0.2, 0.25) is 4.34 Å². The molecule has 1 heterocycles. The molecule has 1 nitrogen and oxygen atoms in total. The van der Waals surface area contributed by atoms with Crippen LogP contribution in [-0.2, 0) is 12.6 Å². The molecule has 6 heteroatoms. The van der Waals surface area contributed by atoms with Gasteiger partial charge >= 0.3 is 6.18 Å². The van der Waals surface area contributed by atoms with Crippen LogP contribution >= 0.6 is 22.9 Å². The third kappa shape index (κ3) is 3.58. The molecule has 2 aromatic rings. The van der Waals surface area contributed by atoms with Crippen LogP contribution in [0.5, 0.6) is 0 Å². The second kappa shape index (κ2) is 5.35. The lowest BCUT2D eigenvalue weighted by Crippen LogP contribution is -2.07. The topological polar surface area (TPSA) is 17.1 Å². The van der Waals surface area contributed by atoms with Gasteiger partial charge in [-0.25, -0.2) is 0 Å². The van der Waals surface area contributed by atoms with Gasteiger partial charge in [0.05, 0.1) is 9.90 Å². The van der Waals surface area contributed by atoms with Crippen molar-refractivity contribution in [3.63, 3.8) is 0 Å². The predicted molar refractivity (Wildman–Crippen MR) is 68.8 cm³/mol. The molecule has 1 aromatic carbocycles. The van der Waals surface area contributed by atoms with Crippen molar-refractivity contribution in [3.05, 3.63) is 56.7 Å². The molecule has 0 saturated carbocycles. The standard InChI is InChI=1S/C13H8ClF3OS/c14-12-6-5-10(19-12)7-11(18)8-1-3-9(4-2-8)13(15,16)17/h1-6H,7H2. The van der Waals surface area contributed by atoms with Gasteiger partial charge < -0.3 is 0 Å². The molecular weight excluding hydrogens is 297 g/mol. The summed E-state index contributed by atoms with van der Waals surface area (Å²) >= 11 is 7.03. The van der Waals surface area contributed by atoms with Gasteiger partial charge in [-0.05, 0) is 24.3 Å². The molecule has 0 bridgehead atoms. The molecule has 0 radical (unpaired) electrons. The van der Waals surface area contributed by atoms with Gasteiger partial charge in [0.25, 0.3) is 0 Å². The molecule has 100 valence electrons. The van der Waals surface area contributed by atoms with Gasteiger partial charge in [-0.2, -0.15) is 13.2 Å².